The van der Waals surface area contributed by atoms with E-state index < -0.39 is 46.6 Å². The number of amides is 1. The van der Waals surface area contributed by atoms with Gasteiger partial charge in [0, 0.05) is 29.0 Å². The Labute approximate surface area is 229 Å². The van der Waals surface area contributed by atoms with E-state index in [0.29, 0.717) is 64.0 Å². The molecular formula is C30H32F5NO4. The Morgan fingerprint density at radius 3 is 2.30 bits per heavy atom. The number of piperidine rings is 1. The zero-order chi connectivity index (χ0) is 28.9. The van der Waals surface area contributed by atoms with Crippen molar-refractivity contribution in [1.82, 2.24) is 4.90 Å². The predicted molar refractivity (Wildman–Crippen MR) is 136 cm³/mol. The van der Waals surface area contributed by atoms with Gasteiger partial charge in [-0.2, -0.15) is 13.2 Å². The van der Waals surface area contributed by atoms with E-state index in [-0.39, 0.29) is 24.2 Å². The van der Waals surface area contributed by atoms with E-state index in [4.69, 9.17) is 4.74 Å². The highest BCUT2D eigenvalue weighted by Crippen LogP contribution is 2.51. The van der Waals surface area contributed by atoms with E-state index in [0.717, 1.165) is 17.7 Å². The van der Waals surface area contributed by atoms with Gasteiger partial charge >= 0.3 is 12.1 Å². The zero-order valence-electron chi connectivity index (χ0n) is 22.1. The number of benzene rings is 2. The SMILES string of the molecule is CC(F)(c1ccc2c(c1)OCC1N(C(=O)C3CCC(C(=O)O)CC3)CCCC21Cc1ccc(F)cc1)C(F)(F)F. The van der Waals surface area contributed by atoms with Crippen molar-refractivity contribution in [3.8, 4) is 5.75 Å². The molecule has 1 saturated heterocycles. The Balaban J connectivity index is 1.52. The number of halogens is 5. The molecule has 2 heterocycles. The molecule has 0 aromatic heterocycles. The molecule has 1 N–H and O–H groups in total. The number of carboxylic acids is 1. The lowest BCUT2D eigenvalue weighted by Gasteiger charge is -2.54. The van der Waals surface area contributed by atoms with E-state index in [2.05, 4.69) is 0 Å². The highest BCUT2D eigenvalue weighted by molar-refractivity contribution is 5.80. The summed E-state index contributed by atoms with van der Waals surface area (Å²) in [7, 11) is 0. The van der Waals surface area contributed by atoms with Gasteiger partial charge in [-0.15, -0.1) is 0 Å². The van der Waals surface area contributed by atoms with Gasteiger partial charge in [0.1, 0.15) is 18.2 Å². The van der Waals surface area contributed by atoms with Crippen LogP contribution in [0.15, 0.2) is 42.5 Å². The first kappa shape index (κ1) is 28.4. The Hall–Kier alpha value is -3.17. The number of ether oxygens (including phenoxy) is 1. The van der Waals surface area contributed by atoms with E-state index in [9.17, 15) is 36.6 Å². The largest absolute Gasteiger partial charge is 0.491 e. The number of carboxylic acid groups (broad SMARTS) is 1. The number of carbonyl (C=O) groups excluding carboxylic acids is 1. The third-order valence-corrected chi connectivity index (χ3v) is 9.17. The minimum absolute atomic E-state index is 0.0167. The summed E-state index contributed by atoms with van der Waals surface area (Å²) < 4.78 is 75.0. The lowest BCUT2D eigenvalue weighted by atomic mass is 9.63. The van der Waals surface area contributed by atoms with Gasteiger partial charge in [0.05, 0.1) is 12.0 Å². The highest BCUT2D eigenvalue weighted by atomic mass is 19.4. The lowest BCUT2D eigenvalue weighted by Crippen LogP contribution is -2.62. The number of fused-ring (bicyclic) bond motifs is 3. The summed E-state index contributed by atoms with van der Waals surface area (Å²) >= 11 is 0. The number of carbonyl (C=O) groups is 2. The molecule has 1 amide bonds. The van der Waals surface area contributed by atoms with Gasteiger partial charge < -0.3 is 14.7 Å². The van der Waals surface area contributed by atoms with Gasteiger partial charge in [-0.25, -0.2) is 8.78 Å². The molecule has 216 valence electrons. The van der Waals surface area contributed by atoms with Crippen LogP contribution in [-0.4, -0.2) is 47.3 Å². The van der Waals surface area contributed by atoms with E-state index in [1.165, 1.54) is 18.2 Å². The lowest BCUT2D eigenvalue weighted by molar-refractivity contribution is -0.228. The summed E-state index contributed by atoms with van der Waals surface area (Å²) in [4.78, 5) is 27.0. The first-order valence-electron chi connectivity index (χ1n) is 13.6. The van der Waals surface area contributed by atoms with Crippen LogP contribution in [0, 0.1) is 17.7 Å². The number of alkyl halides is 4. The molecule has 2 aromatic carbocycles. The number of aliphatic carboxylic acids is 1. The normalized spacial score (nSPS) is 28.1. The Bertz CT molecular complexity index is 1270. The summed E-state index contributed by atoms with van der Waals surface area (Å²) in [5.74, 6) is -1.95. The van der Waals surface area contributed by atoms with Gasteiger partial charge in [0.2, 0.25) is 11.6 Å². The number of rotatable bonds is 5. The smallest absolute Gasteiger partial charge is 0.426 e. The molecule has 3 aliphatic rings. The molecule has 3 unspecified atom stereocenters. The second-order valence-corrected chi connectivity index (χ2v) is 11.5. The fourth-order valence-electron chi connectivity index (χ4n) is 6.78. The van der Waals surface area contributed by atoms with Crippen molar-refractivity contribution in [2.45, 2.75) is 75.2 Å². The van der Waals surface area contributed by atoms with Gasteiger partial charge in [-0.1, -0.05) is 24.3 Å². The minimum atomic E-state index is -5.11. The van der Waals surface area contributed by atoms with Gasteiger partial charge in [0.15, 0.2) is 0 Å². The molecule has 3 atom stereocenters. The van der Waals surface area contributed by atoms with Crippen molar-refractivity contribution in [3.05, 3.63) is 65.0 Å². The molecular weight excluding hydrogens is 533 g/mol. The molecule has 1 saturated carbocycles. The third kappa shape index (κ3) is 4.94. The Kier molecular flexibility index (Phi) is 7.33. The van der Waals surface area contributed by atoms with E-state index >= 15 is 0 Å². The van der Waals surface area contributed by atoms with Crippen LogP contribution < -0.4 is 4.74 Å². The summed E-state index contributed by atoms with van der Waals surface area (Å²) in [5, 5.41) is 9.34. The van der Waals surface area contributed by atoms with Crippen molar-refractivity contribution < 1.29 is 41.4 Å². The third-order valence-electron chi connectivity index (χ3n) is 9.17. The second kappa shape index (κ2) is 10.3. The topological polar surface area (TPSA) is 66.8 Å². The first-order valence-corrected chi connectivity index (χ1v) is 13.6. The van der Waals surface area contributed by atoms with Gasteiger partial charge in [-0.3, -0.25) is 9.59 Å². The van der Waals surface area contributed by atoms with Crippen molar-refractivity contribution in [2.24, 2.45) is 11.8 Å². The van der Waals surface area contributed by atoms with E-state index in [1.54, 1.807) is 17.0 Å². The Morgan fingerprint density at radius 2 is 1.68 bits per heavy atom. The van der Waals surface area contributed by atoms with Crippen LogP contribution in [0.1, 0.15) is 62.1 Å². The van der Waals surface area contributed by atoms with E-state index in [1.807, 2.05) is 0 Å². The summed E-state index contributed by atoms with van der Waals surface area (Å²) in [6.07, 6.45) is -1.71. The molecule has 5 nitrogen and oxygen atoms in total. The number of hydrogen-bond donors (Lipinski definition) is 1. The monoisotopic (exact) mass is 565 g/mol. The average molecular weight is 566 g/mol. The van der Waals surface area contributed by atoms with Crippen molar-refractivity contribution >= 4 is 11.9 Å². The molecule has 5 rings (SSSR count). The maximum atomic E-state index is 14.9. The van der Waals surface area contributed by atoms with Crippen LogP contribution in [0.4, 0.5) is 22.0 Å². The van der Waals surface area contributed by atoms with Gasteiger partial charge in [-0.05, 0) is 75.6 Å². The average Bonchev–Trinajstić information content (AvgIpc) is 2.92. The first-order chi connectivity index (χ1) is 18.8. The van der Waals surface area contributed by atoms with Crippen molar-refractivity contribution in [3.63, 3.8) is 0 Å². The number of likely N-dealkylation sites (tertiary alicyclic amines) is 1. The van der Waals surface area contributed by atoms with Crippen LogP contribution in [0.3, 0.4) is 0 Å². The van der Waals surface area contributed by atoms with Crippen molar-refractivity contribution in [1.29, 1.82) is 0 Å². The second-order valence-electron chi connectivity index (χ2n) is 11.5. The molecule has 0 bridgehead atoms. The standard InChI is InChI=1S/C30H32F5NO4/c1-28(32,30(33,34)35)21-9-12-23-24(15-21)40-17-25-29(23,16-18-3-10-22(31)11-4-18)13-2-14-36(25)26(37)19-5-7-20(8-6-19)27(38)39/h3-4,9-12,15,19-20,25H,2,5-8,13-14,16-17H2,1H3,(H,38,39). The predicted octanol–water partition coefficient (Wildman–Crippen LogP) is 6.33. The fourth-order valence-corrected chi connectivity index (χ4v) is 6.78. The number of hydrogen-bond acceptors (Lipinski definition) is 3. The van der Waals surface area contributed by atoms with Crippen LogP contribution in [0.5, 0.6) is 5.75 Å². The molecule has 10 heteroatoms. The Morgan fingerprint density at radius 1 is 1.02 bits per heavy atom. The maximum Gasteiger partial charge on any atom is 0.426 e. The highest BCUT2D eigenvalue weighted by Gasteiger charge is 2.55. The summed E-state index contributed by atoms with van der Waals surface area (Å²) in [6.45, 7) is 0.971. The zero-order valence-corrected chi connectivity index (χ0v) is 22.1. The van der Waals surface area contributed by atoms with Gasteiger partial charge in [0.25, 0.3) is 0 Å². The minimum Gasteiger partial charge on any atom is -0.491 e. The van der Waals surface area contributed by atoms with Crippen LogP contribution in [-0.2, 0) is 27.1 Å². The molecule has 40 heavy (non-hydrogen) atoms. The number of nitrogens with zero attached hydrogens (tertiary/aromatic N) is 1. The molecule has 0 spiro atoms. The maximum absolute atomic E-state index is 14.9. The molecule has 1 aliphatic carbocycles. The summed E-state index contributed by atoms with van der Waals surface area (Å²) in [5.41, 5.74) is -3.49. The van der Waals surface area contributed by atoms with Crippen molar-refractivity contribution in [2.75, 3.05) is 13.2 Å². The van der Waals surface area contributed by atoms with Crippen LogP contribution >= 0.6 is 0 Å². The molecule has 2 aromatic rings. The molecule has 2 fully saturated rings. The molecule has 2 aliphatic heterocycles. The molecule has 0 radical (unpaired) electrons. The van der Waals surface area contributed by atoms with Crippen LogP contribution in [0.25, 0.3) is 0 Å². The summed E-state index contributed by atoms with van der Waals surface area (Å²) in [6, 6.07) is 9.27. The van der Waals surface area contributed by atoms with Crippen LogP contribution in [0.2, 0.25) is 0 Å². The fraction of sp³-hybridized carbons (Fsp3) is 0.533. The quantitative estimate of drug-likeness (QED) is 0.431.